The molecule has 0 bridgehead atoms. The van der Waals surface area contributed by atoms with Crippen LogP contribution in [0.1, 0.15) is 72.1 Å². The van der Waals surface area contributed by atoms with Crippen molar-refractivity contribution in [1.29, 1.82) is 0 Å². The summed E-state index contributed by atoms with van der Waals surface area (Å²) in [6.45, 7) is 5.56. The smallest absolute Gasteiger partial charge is 0.306 e. The quantitative estimate of drug-likeness (QED) is 0.424. The SMILES string of the molecule is CCC=CC(C)(O)CC=C[C@H]1CCC(=O)[C@@H]1CCCCC(C)C(=O)O. The van der Waals surface area contributed by atoms with E-state index in [2.05, 4.69) is 6.08 Å². The van der Waals surface area contributed by atoms with Crippen molar-refractivity contribution < 1.29 is 19.8 Å². The second-order valence-electron chi connectivity index (χ2n) is 7.60. The van der Waals surface area contributed by atoms with Crippen LogP contribution in [0.25, 0.3) is 0 Å². The van der Waals surface area contributed by atoms with E-state index in [1.54, 1.807) is 13.8 Å². The molecule has 4 heteroatoms. The van der Waals surface area contributed by atoms with E-state index in [0.29, 0.717) is 25.0 Å². The number of Topliss-reactive ketones (excluding diaryl/α,β-unsaturated/α-hetero) is 1. The summed E-state index contributed by atoms with van der Waals surface area (Å²) >= 11 is 0. The number of allylic oxidation sites excluding steroid dienone is 2. The number of hydrogen-bond donors (Lipinski definition) is 2. The summed E-state index contributed by atoms with van der Waals surface area (Å²) in [4.78, 5) is 23.0. The second-order valence-corrected chi connectivity index (χ2v) is 7.60. The topological polar surface area (TPSA) is 74.6 Å². The zero-order valence-electron chi connectivity index (χ0n) is 15.9. The number of carbonyl (C=O) groups excluding carboxylic acids is 1. The van der Waals surface area contributed by atoms with E-state index < -0.39 is 11.6 Å². The maximum absolute atomic E-state index is 12.1. The van der Waals surface area contributed by atoms with Crippen molar-refractivity contribution in [3.63, 3.8) is 0 Å². The molecule has 0 saturated heterocycles. The molecule has 0 radical (unpaired) electrons. The lowest BCUT2D eigenvalue weighted by molar-refractivity contribution is -0.141. The van der Waals surface area contributed by atoms with Crippen LogP contribution < -0.4 is 0 Å². The number of carboxylic acid groups (broad SMARTS) is 1. The third kappa shape index (κ3) is 8.00. The van der Waals surface area contributed by atoms with Crippen LogP contribution >= 0.6 is 0 Å². The molecule has 0 aromatic rings. The first-order valence-corrected chi connectivity index (χ1v) is 9.59. The zero-order valence-corrected chi connectivity index (χ0v) is 15.9. The molecule has 1 aliphatic rings. The lowest BCUT2D eigenvalue weighted by Gasteiger charge is -2.18. The standard InChI is InChI=1S/C21H34O4/c1-4-5-14-21(3,25)15-8-10-17-12-13-19(22)18(17)11-7-6-9-16(2)20(23)24/h5,8,10,14,16-18,25H,4,6-7,9,11-13,15H2,1-3H3,(H,23,24)/t16?,17-,18+,21?/m0/s1. The highest BCUT2D eigenvalue weighted by Gasteiger charge is 2.32. The van der Waals surface area contributed by atoms with Crippen molar-refractivity contribution in [1.82, 2.24) is 0 Å². The van der Waals surface area contributed by atoms with E-state index in [4.69, 9.17) is 5.11 Å². The van der Waals surface area contributed by atoms with Gasteiger partial charge in [-0.2, -0.15) is 0 Å². The van der Waals surface area contributed by atoms with Crippen molar-refractivity contribution in [2.75, 3.05) is 0 Å². The Morgan fingerprint density at radius 3 is 2.72 bits per heavy atom. The predicted octanol–water partition coefficient (Wildman–Crippen LogP) is 4.53. The largest absolute Gasteiger partial charge is 0.481 e. The molecule has 0 amide bonds. The Morgan fingerprint density at radius 1 is 1.36 bits per heavy atom. The number of ketones is 1. The Kier molecular flexibility index (Phi) is 9.12. The van der Waals surface area contributed by atoms with E-state index in [-0.39, 0.29) is 17.8 Å². The van der Waals surface area contributed by atoms with Crippen LogP contribution in [0.3, 0.4) is 0 Å². The molecule has 1 fully saturated rings. The second kappa shape index (κ2) is 10.5. The van der Waals surface area contributed by atoms with Crippen LogP contribution in [0, 0.1) is 17.8 Å². The van der Waals surface area contributed by atoms with Gasteiger partial charge >= 0.3 is 5.97 Å². The van der Waals surface area contributed by atoms with Gasteiger partial charge in [-0.25, -0.2) is 0 Å². The Bertz CT molecular complexity index is 490. The molecule has 4 nitrogen and oxygen atoms in total. The Morgan fingerprint density at radius 2 is 2.08 bits per heavy atom. The van der Waals surface area contributed by atoms with Crippen LogP contribution in [0.2, 0.25) is 0 Å². The Labute approximate surface area is 152 Å². The summed E-state index contributed by atoms with van der Waals surface area (Å²) in [5.74, 6) is -0.406. The monoisotopic (exact) mass is 350 g/mol. The molecule has 2 N–H and O–H groups in total. The summed E-state index contributed by atoms with van der Waals surface area (Å²) in [5, 5.41) is 19.2. The van der Waals surface area contributed by atoms with Crippen molar-refractivity contribution in [3.05, 3.63) is 24.3 Å². The summed E-state index contributed by atoms with van der Waals surface area (Å²) in [5.41, 5.74) is -0.836. The van der Waals surface area contributed by atoms with Crippen LogP contribution in [-0.2, 0) is 9.59 Å². The minimum Gasteiger partial charge on any atom is -0.481 e. The van der Waals surface area contributed by atoms with Gasteiger partial charge in [0.1, 0.15) is 5.78 Å². The molecule has 2 unspecified atom stereocenters. The van der Waals surface area contributed by atoms with Crippen molar-refractivity contribution >= 4 is 11.8 Å². The third-order valence-corrected chi connectivity index (χ3v) is 5.11. The minimum atomic E-state index is -0.836. The average Bonchev–Trinajstić information content (AvgIpc) is 2.89. The molecule has 0 aromatic heterocycles. The molecular weight excluding hydrogens is 316 g/mol. The molecule has 0 spiro atoms. The molecule has 0 aromatic carbocycles. The van der Waals surface area contributed by atoms with Gasteiger partial charge in [-0.3, -0.25) is 9.59 Å². The van der Waals surface area contributed by atoms with Gasteiger partial charge in [-0.15, -0.1) is 0 Å². The maximum atomic E-state index is 12.1. The molecule has 0 heterocycles. The fraction of sp³-hybridized carbons (Fsp3) is 0.714. The first kappa shape index (κ1) is 21.6. The van der Waals surface area contributed by atoms with Crippen molar-refractivity contribution in [3.8, 4) is 0 Å². The van der Waals surface area contributed by atoms with Crippen LogP contribution in [0.5, 0.6) is 0 Å². The average molecular weight is 350 g/mol. The molecule has 25 heavy (non-hydrogen) atoms. The molecule has 1 saturated carbocycles. The molecular formula is C21H34O4. The fourth-order valence-electron chi connectivity index (χ4n) is 3.40. The van der Waals surface area contributed by atoms with Gasteiger partial charge < -0.3 is 10.2 Å². The van der Waals surface area contributed by atoms with Crippen LogP contribution in [0.15, 0.2) is 24.3 Å². The Balaban J connectivity index is 2.45. The molecule has 4 atom stereocenters. The number of carboxylic acids is 1. The molecule has 142 valence electrons. The molecule has 0 aliphatic heterocycles. The van der Waals surface area contributed by atoms with Gasteiger partial charge in [0.2, 0.25) is 0 Å². The molecule has 1 aliphatic carbocycles. The van der Waals surface area contributed by atoms with Gasteiger partial charge in [0, 0.05) is 12.3 Å². The first-order chi connectivity index (χ1) is 11.8. The van der Waals surface area contributed by atoms with E-state index >= 15 is 0 Å². The minimum absolute atomic E-state index is 0.0625. The highest BCUT2D eigenvalue weighted by molar-refractivity contribution is 5.83. The summed E-state index contributed by atoms with van der Waals surface area (Å²) < 4.78 is 0. The van der Waals surface area contributed by atoms with Gasteiger partial charge in [0.05, 0.1) is 11.5 Å². The third-order valence-electron chi connectivity index (χ3n) is 5.11. The normalized spacial score (nSPS) is 24.9. The summed E-state index contributed by atoms with van der Waals surface area (Å²) in [7, 11) is 0. The van der Waals surface area contributed by atoms with Crippen molar-refractivity contribution in [2.45, 2.75) is 77.7 Å². The first-order valence-electron chi connectivity index (χ1n) is 9.59. The van der Waals surface area contributed by atoms with Gasteiger partial charge in [-0.1, -0.05) is 51.0 Å². The number of hydrogen-bond acceptors (Lipinski definition) is 3. The lowest BCUT2D eigenvalue weighted by Crippen LogP contribution is -2.19. The Hall–Kier alpha value is -1.42. The van der Waals surface area contributed by atoms with Gasteiger partial charge in [0.25, 0.3) is 0 Å². The highest BCUT2D eigenvalue weighted by Crippen LogP contribution is 2.34. The number of carbonyl (C=O) groups is 2. The maximum Gasteiger partial charge on any atom is 0.306 e. The number of unbranched alkanes of at least 4 members (excludes halogenated alkanes) is 1. The zero-order chi connectivity index (χ0) is 18.9. The summed E-state index contributed by atoms with van der Waals surface area (Å²) in [6.07, 6.45) is 14.1. The van der Waals surface area contributed by atoms with E-state index in [9.17, 15) is 14.7 Å². The number of rotatable bonds is 11. The van der Waals surface area contributed by atoms with E-state index in [1.807, 2.05) is 25.2 Å². The summed E-state index contributed by atoms with van der Waals surface area (Å²) in [6, 6.07) is 0. The number of aliphatic carboxylic acids is 1. The van der Waals surface area contributed by atoms with Crippen molar-refractivity contribution in [2.24, 2.45) is 17.8 Å². The predicted molar refractivity (Wildman–Crippen MR) is 100 cm³/mol. The fourth-order valence-corrected chi connectivity index (χ4v) is 3.40. The number of aliphatic hydroxyl groups is 1. The van der Waals surface area contributed by atoms with Crippen LogP contribution in [0.4, 0.5) is 0 Å². The van der Waals surface area contributed by atoms with E-state index in [1.165, 1.54) is 0 Å². The van der Waals surface area contributed by atoms with E-state index in [0.717, 1.165) is 32.1 Å². The highest BCUT2D eigenvalue weighted by atomic mass is 16.4. The van der Waals surface area contributed by atoms with Crippen LogP contribution in [-0.4, -0.2) is 27.6 Å². The lowest BCUT2D eigenvalue weighted by atomic mass is 9.88. The van der Waals surface area contributed by atoms with Gasteiger partial charge in [0.15, 0.2) is 0 Å². The molecule has 1 rings (SSSR count). The van der Waals surface area contributed by atoms with Gasteiger partial charge in [-0.05, 0) is 44.9 Å².